The maximum absolute atomic E-state index is 11.5. The fourth-order valence-corrected chi connectivity index (χ4v) is 8.72. The fraction of sp³-hybridized carbons (Fsp3) is 0.0500. The van der Waals surface area contributed by atoms with Gasteiger partial charge in [0.05, 0.1) is 0 Å². The molecule has 0 N–H and O–H groups in total. The van der Waals surface area contributed by atoms with Crippen molar-refractivity contribution in [2.45, 2.75) is 5.66 Å². The van der Waals surface area contributed by atoms with E-state index in [1.807, 2.05) is 30.4 Å². The lowest BCUT2D eigenvalue weighted by atomic mass is 10.1. The van der Waals surface area contributed by atoms with Crippen LogP contribution in [0.4, 0.5) is 0 Å². The van der Waals surface area contributed by atoms with Gasteiger partial charge in [0.1, 0.15) is 5.94 Å². The zero-order chi connectivity index (χ0) is 16.1. The summed E-state index contributed by atoms with van der Waals surface area (Å²) in [5.74, 6) is 2.15. The Balaban J connectivity index is 2.33. The number of hydrogen-bond acceptors (Lipinski definition) is 1. The molecule has 0 heterocycles. The molecule has 0 aromatic heterocycles. The topological polar surface area (TPSA) is 17.1 Å². The quantitative estimate of drug-likeness (QED) is 0.577. The highest BCUT2D eigenvalue weighted by Crippen LogP contribution is 2.54. The van der Waals surface area contributed by atoms with Crippen molar-refractivity contribution in [3.8, 4) is 0 Å². The summed E-state index contributed by atoms with van der Waals surface area (Å²) < 4.78 is 2.12. The average Bonchev–Trinajstić information content (AvgIpc) is 2.65. The van der Waals surface area contributed by atoms with Gasteiger partial charge in [0, 0.05) is 11.2 Å². The van der Waals surface area contributed by atoms with E-state index in [-0.39, 0.29) is 5.66 Å². The van der Waals surface area contributed by atoms with Crippen LogP contribution in [-0.2, 0) is 4.79 Å². The van der Waals surface area contributed by atoms with E-state index in [1.54, 1.807) is 0 Å². The number of allylic oxidation sites excluding steroid dienone is 5. The van der Waals surface area contributed by atoms with Crippen LogP contribution in [-0.4, -0.2) is 16.3 Å². The van der Waals surface area contributed by atoms with Crippen molar-refractivity contribution in [3.05, 3.63) is 90.5 Å². The van der Waals surface area contributed by atoms with Crippen LogP contribution in [0.2, 0.25) is 0 Å². The van der Waals surface area contributed by atoms with Gasteiger partial charge in [-0.1, -0.05) is 94.8 Å². The molecule has 114 valence electrons. The van der Waals surface area contributed by atoms with Crippen LogP contribution in [0.5, 0.6) is 0 Å². The van der Waals surface area contributed by atoms with E-state index >= 15 is 0 Å². The SMILES string of the molecule is O=C=C1C=CC=CC1P(=CBr)(c1ccccc1)c1ccccc1. The largest absolute Gasteiger partial charge is 0.233 e. The molecule has 1 unspecified atom stereocenters. The van der Waals surface area contributed by atoms with Crippen LogP contribution in [0.15, 0.2) is 90.5 Å². The van der Waals surface area contributed by atoms with Gasteiger partial charge in [-0.15, -0.1) is 0 Å². The predicted octanol–water partition coefficient (Wildman–Crippen LogP) is 4.06. The lowest BCUT2D eigenvalue weighted by Crippen LogP contribution is -2.27. The van der Waals surface area contributed by atoms with Gasteiger partial charge in [0.15, 0.2) is 0 Å². The lowest BCUT2D eigenvalue weighted by Gasteiger charge is -2.34. The van der Waals surface area contributed by atoms with Crippen molar-refractivity contribution in [1.82, 2.24) is 0 Å². The third-order valence-corrected chi connectivity index (χ3v) is 9.96. The molecule has 1 aliphatic carbocycles. The second kappa shape index (κ2) is 7.15. The van der Waals surface area contributed by atoms with Gasteiger partial charge in [0.2, 0.25) is 0 Å². The number of halogens is 1. The first-order valence-electron chi connectivity index (χ1n) is 7.37. The molecule has 0 spiro atoms. The van der Waals surface area contributed by atoms with E-state index in [4.69, 9.17) is 0 Å². The van der Waals surface area contributed by atoms with Crippen molar-refractivity contribution < 1.29 is 4.79 Å². The van der Waals surface area contributed by atoms with Crippen LogP contribution >= 0.6 is 22.8 Å². The van der Waals surface area contributed by atoms with Gasteiger partial charge in [0.25, 0.3) is 0 Å². The third kappa shape index (κ3) is 2.86. The van der Waals surface area contributed by atoms with Crippen LogP contribution in [0.1, 0.15) is 0 Å². The molecule has 0 radical (unpaired) electrons. The average molecular weight is 383 g/mol. The third-order valence-electron chi connectivity index (χ3n) is 4.08. The Bertz CT molecular complexity index is 800. The Morgan fingerprint density at radius 2 is 1.48 bits per heavy atom. The Kier molecular flexibility index (Phi) is 4.98. The van der Waals surface area contributed by atoms with Crippen LogP contribution < -0.4 is 10.6 Å². The van der Waals surface area contributed by atoms with Gasteiger partial charge in [-0.25, -0.2) is 4.79 Å². The number of benzene rings is 2. The molecule has 1 atom stereocenters. The molecule has 23 heavy (non-hydrogen) atoms. The Labute approximate surface area is 145 Å². The minimum absolute atomic E-state index is 0.00539. The molecule has 0 amide bonds. The zero-order valence-corrected chi connectivity index (χ0v) is 15.0. The van der Waals surface area contributed by atoms with E-state index in [0.29, 0.717) is 5.57 Å². The van der Waals surface area contributed by atoms with E-state index < -0.39 is 6.89 Å². The van der Waals surface area contributed by atoms with Crippen LogP contribution in [0.25, 0.3) is 0 Å². The van der Waals surface area contributed by atoms with E-state index in [2.05, 4.69) is 81.2 Å². The summed E-state index contributed by atoms with van der Waals surface area (Å²) in [6, 6.07) is 20.8. The molecule has 3 heteroatoms. The summed E-state index contributed by atoms with van der Waals surface area (Å²) in [4.78, 5) is 11.5. The predicted molar refractivity (Wildman–Crippen MR) is 105 cm³/mol. The molecule has 0 saturated heterocycles. The van der Waals surface area contributed by atoms with Gasteiger partial charge in [-0.3, -0.25) is 0 Å². The van der Waals surface area contributed by atoms with E-state index in [0.717, 1.165) is 0 Å². The minimum Gasteiger partial charge on any atom is -0.233 e. The van der Waals surface area contributed by atoms with Crippen molar-refractivity contribution in [2.75, 3.05) is 0 Å². The molecule has 3 rings (SSSR count). The second-order valence-electron chi connectivity index (χ2n) is 5.29. The highest BCUT2D eigenvalue weighted by molar-refractivity contribution is 9.18. The zero-order valence-electron chi connectivity index (χ0n) is 12.5. The van der Waals surface area contributed by atoms with E-state index in [1.165, 1.54) is 10.6 Å². The Morgan fingerprint density at radius 3 is 1.96 bits per heavy atom. The fourth-order valence-electron chi connectivity index (χ4n) is 2.97. The molecular formula is C20H16BrOP. The summed E-state index contributed by atoms with van der Waals surface area (Å²) in [6.45, 7) is -1.98. The van der Waals surface area contributed by atoms with Crippen LogP contribution in [0.3, 0.4) is 0 Å². The first kappa shape index (κ1) is 16.0. The molecule has 2 aromatic rings. The first-order chi connectivity index (χ1) is 11.3. The molecule has 1 nitrogen and oxygen atoms in total. The molecule has 1 aliphatic rings. The number of carbonyl (C=O) groups excluding carboxylic acids is 1. The summed E-state index contributed by atoms with van der Waals surface area (Å²) in [6.07, 6.45) is 7.90. The molecule has 0 saturated carbocycles. The van der Waals surface area contributed by atoms with Crippen molar-refractivity contribution in [2.24, 2.45) is 0 Å². The molecular weight excluding hydrogens is 367 g/mol. The van der Waals surface area contributed by atoms with Crippen molar-refractivity contribution in [1.29, 1.82) is 0 Å². The molecule has 0 fully saturated rings. The Hall–Kier alpha value is -1.85. The summed E-state index contributed by atoms with van der Waals surface area (Å²) in [5.41, 5.74) is 0.693. The summed E-state index contributed by atoms with van der Waals surface area (Å²) in [5, 5.41) is 2.47. The van der Waals surface area contributed by atoms with Crippen molar-refractivity contribution >= 4 is 44.1 Å². The number of hydrogen-bond donors (Lipinski definition) is 0. The smallest absolute Gasteiger partial charge is 0.128 e. The first-order valence-corrected chi connectivity index (χ1v) is 10.2. The summed E-state index contributed by atoms with van der Waals surface area (Å²) >= 11 is 3.66. The van der Waals surface area contributed by atoms with Crippen LogP contribution in [0, 0.1) is 0 Å². The van der Waals surface area contributed by atoms with Gasteiger partial charge >= 0.3 is 0 Å². The highest BCUT2D eigenvalue weighted by atomic mass is 79.9. The summed E-state index contributed by atoms with van der Waals surface area (Å²) in [7, 11) is 0. The molecule has 0 aliphatic heterocycles. The monoisotopic (exact) mass is 382 g/mol. The van der Waals surface area contributed by atoms with Crippen molar-refractivity contribution in [3.63, 3.8) is 0 Å². The maximum atomic E-state index is 11.5. The normalized spacial score (nSPS) is 16.9. The highest BCUT2D eigenvalue weighted by Gasteiger charge is 2.33. The van der Waals surface area contributed by atoms with E-state index in [9.17, 15) is 4.79 Å². The minimum atomic E-state index is -1.98. The Morgan fingerprint density at radius 1 is 0.913 bits per heavy atom. The lowest BCUT2D eigenvalue weighted by molar-refractivity contribution is 0.567. The van der Waals surface area contributed by atoms with Gasteiger partial charge in [-0.05, 0) is 28.3 Å². The second-order valence-corrected chi connectivity index (χ2v) is 9.86. The standard InChI is InChI=1S/C20H16BrOP/c21-16-23(18-10-3-1-4-11-18,19-12-5-2-6-13-19)20-14-8-7-9-17(20)15-22/h1-14,16,20H. The maximum Gasteiger partial charge on any atom is 0.128 e. The molecule has 2 aromatic carbocycles. The number of rotatable bonds is 3. The van der Waals surface area contributed by atoms with Gasteiger partial charge in [-0.2, -0.15) is 0 Å². The van der Waals surface area contributed by atoms with Gasteiger partial charge < -0.3 is 0 Å². The molecule has 0 bridgehead atoms.